The lowest BCUT2D eigenvalue weighted by atomic mass is 10.2. The van der Waals surface area contributed by atoms with Crippen LogP contribution in [-0.2, 0) is 19.0 Å². The molecule has 1 N–H and O–H groups in total. The smallest absolute Gasteiger partial charge is 0.414 e. The second-order valence-electron chi connectivity index (χ2n) is 8.50. The van der Waals surface area contributed by atoms with Gasteiger partial charge in [-0.15, -0.1) is 11.3 Å². The number of anilines is 2. The Morgan fingerprint density at radius 2 is 2.00 bits per heavy atom. The average Bonchev–Trinajstić information content (AvgIpc) is 3.47. The number of hydrogen-bond donors (Lipinski definition) is 1. The number of carbonyl (C=O) groups excluding carboxylic acids is 3. The second kappa shape index (κ2) is 12.0. The average molecular weight is 558 g/mol. The Morgan fingerprint density at radius 3 is 2.71 bits per heavy atom. The highest BCUT2D eigenvalue weighted by atomic mass is 32.1. The Kier molecular flexibility index (Phi) is 8.74. The minimum atomic E-state index is -4.46. The number of thiophene rings is 1. The van der Waals surface area contributed by atoms with Gasteiger partial charge in [0.05, 0.1) is 36.9 Å². The van der Waals surface area contributed by atoms with Gasteiger partial charge in [-0.1, -0.05) is 0 Å². The molecule has 0 radical (unpaired) electrons. The van der Waals surface area contributed by atoms with E-state index in [0.29, 0.717) is 29.4 Å². The topological polar surface area (TPSA) is 107 Å². The first kappa shape index (κ1) is 27.7. The van der Waals surface area contributed by atoms with Crippen molar-refractivity contribution in [3.63, 3.8) is 0 Å². The molecule has 2 aliphatic heterocycles. The summed E-state index contributed by atoms with van der Waals surface area (Å²) >= 11 is 1.35. The minimum absolute atomic E-state index is 0.0832. The zero-order valence-corrected chi connectivity index (χ0v) is 21.2. The highest BCUT2D eigenvalue weighted by molar-refractivity contribution is 7.13. The molecule has 206 valence electrons. The Morgan fingerprint density at radius 1 is 1.18 bits per heavy atom. The van der Waals surface area contributed by atoms with Gasteiger partial charge in [-0.2, -0.15) is 13.2 Å². The monoisotopic (exact) mass is 557 g/mol. The largest absolute Gasteiger partial charge is 0.489 e. The third kappa shape index (κ3) is 7.14. The van der Waals surface area contributed by atoms with E-state index < -0.39 is 25.0 Å². The van der Waals surface area contributed by atoms with Gasteiger partial charge in [0, 0.05) is 23.2 Å². The molecule has 1 unspecified atom stereocenters. The Bertz CT molecular complexity index is 1170. The van der Waals surface area contributed by atoms with E-state index in [0.717, 1.165) is 4.88 Å². The van der Waals surface area contributed by atoms with Crippen molar-refractivity contribution in [2.75, 3.05) is 62.5 Å². The molecule has 10 nitrogen and oxygen atoms in total. The van der Waals surface area contributed by atoms with E-state index in [2.05, 4.69) is 10.1 Å². The maximum Gasteiger partial charge on any atom is 0.414 e. The van der Waals surface area contributed by atoms with Crippen LogP contribution in [-0.4, -0.2) is 82.9 Å². The number of ether oxygens (including phenoxy) is 4. The van der Waals surface area contributed by atoms with Gasteiger partial charge in [-0.25, -0.2) is 4.79 Å². The van der Waals surface area contributed by atoms with E-state index in [1.54, 1.807) is 18.2 Å². The number of carbonyl (C=O) groups is 3. The number of amides is 3. The van der Waals surface area contributed by atoms with Crippen molar-refractivity contribution in [1.29, 1.82) is 0 Å². The molecule has 0 bridgehead atoms. The number of nitrogens with zero attached hydrogens (tertiary/aromatic N) is 2. The SMILES string of the molecule is Cc1ccc(C(=O)NCC2CN(c3ccc(N4CCOCC4=O)cc3OCCOCC(F)(F)F)C(=O)O2)s1. The van der Waals surface area contributed by atoms with Crippen LogP contribution >= 0.6 is 11.3 Å². The van der Waals surface area contributed by atoms with Gasteiger partial charge >= 0.3 is 12.3 Å². The molecular weight excluding hydrogens is 531 g/mol. The summed E-state index contributed by atoms with van der Waals surface area (Å²) in [6.45, 7) is 0.644. The van der Waals surface area contributed by atoms with Gasteiger partial charge in [0.1, 0.15) is 31.7 Å². The number of morpholine rings is 1. The van der Waals surface area contributed by atoms with Crippen molar-refractivity contribution < 1.29 is 46.5 Å². The summed E-state index contributed by atoms with van der Waals surface area (Å²) in [6, 6.07) is 8.28. The van der Waals surface area contributed by atoms with E-state index in [1.807, 2.05) is 13.0 Å². The van der Waals surface area contributed by atoms with Crippen LogP contribution in [0, 0.1) is 6.92 Å². The molecule has 3 heterocycles. The lowest BCUT2D eigenvalue weighted by Crippen LogP contribution is -2.41. The van der Waals surface area contributed by atoms with Gasteiger partial charge in [0.25, 0.3) is 11.8 Å². The molecule has 1 aromatic carbocycles. The lowest BCUT2D eigenvalue weighted by Gasteiger charge is -2.28. The molecule has 1 atom stereocenters. The number of alkyl halides is 3. The Hall–Kier alpha value is -3.36. The second-order valence-corrected chi connectivity index (χ2v) is 9.79. The number of halogens is 3. The van der Waals surface area contributed by atoms with Crippen molar-refractivity contribution in [2.45, 2.75) is 19.2 Å². The summed E-state index contributed by atoms with van der Waals surface area (Å²) in [4.78, 5) is 41.7. The zero-order chi connectivity index (χ0) is 27.3. The molecular formula is C24H26F3N3O7S. The molecule has 0 saturated carbocycles. The summed E-state index contributed by atoms with van der Waals surface area (Å²) in [6.07, 6.45) is -5.78. The maximum absolute atomic E-state index is 12.7. The number of nitrogens with one attached hydrogen (secondary N) is 1. The van der Waals surface area contributed by atoms with Crippen molar-refractivity contribution in [1.82, 2.24) is 5.32 Å². The van der Waals surface area contributed by atoms with Crippen LogP contribution in [0.5, 0.6) is 5.75 Å². The van der Waals surface area contributed by atoms with Crippen molar-refractivity contribution >= 4 is 40.6 Å². The third-order valence-corrected chi connectivity index (χ3v) is 6.61. The fourth-order valence-corrected chi connectivity index (χ4v) is 4.66. The first-order valence-electron chi connectivity index (χ1n) is 11.7. The molecule has 2 fully saturated rings. The van der Waals surface area contributed by atoms with Gasteiger partial charge < -0.3 is 29.2 Å². The predicted octanol–water partition coefficient (Wildman–Crippen LogP) is 3.13. The van der Waals surface area contributed by atoms with Crippen LogP contribution in [0.3, 0.4) is 0 Å². The molecule has 0 aliphatic carbocycles. The Balaban J connectivity index is 1.45. The number of rotatable bonds is 10. The first-order valence-corrected chi connectivity index (χ1v) is 12.5. The van der Waals surface area contributed by atoms with E-state index >= 15 is 0 Å². The summed E-state index contributed by atoms with van der Waals surface area (Å²) in [5, 5.41) is 2.75. The number of aryl methyl sites for hydroxylation is 1. The summed E-state index contributed by atoms with van der Waals surface area (Å²) in [5.74, 6) is -0.381. The van der Waals surface area contributed by atoms with Crippen LogP contribution in [0.2, 0.25) is 0 Å². The molecule has 1 aromatic heterocycles. The number of hydrogen-bond acceptors (Lipinski definition) is 8. The molecule has 2 aromatic rings. The van der Waals surface area contributed by atoms with Crippen molar-refractivity contribution in [2.24, 2.45) is 0 Å². The van der Waals surface area contributed by atoms with Crippen LogP contribution < -0.4 is 19.9 Å². The van der Waals surface area contributed by atoms with Crippen molar-refractivity contribution in [3.05, 3.63) is 40.1 Å². The highest BCUT2D eigenvalue weighted by Gasteiger charge is 2.35. The minimum Gasteiger partial charge on any atom is -0.489 e. The quantitative estimate of drug-likeness (QED) is 0.448. The fourth-order valence-electron chi connectivity index (χ4n) is 3.87. The molecule has 2 saturated heterocycles. The highest BCUT2D eigenvalue weighted by Crippen LogP contribution is 2.36. The molecule has 38 heavy (non-hydrogen) atoms. The summed E-state index contributed by atoms with van der Waals surface area (Å²) < 4.78 is 57.9. The van der Waals surface area contributed by atoms with Crippen LogP contribution in [0.4, 0.5) is 29.3 Å². The molecule has 14 heteroatoms. The van der Waals surface area contributed by atoms with Crippen LogP contribution in [0.1, 0.15) is 14.5 Å². The van der Waals surface area contributed by atoms with Gasteiger partial charge in [-0.3, -0.25) is 14.5 Å². The van der Waals surface area contributed by atoms with E-state index in [-0.39, 0.29) is 50.5 Å². The van der Waals surface area contributed by atoms with Crippen LogP contribution in [0.25, 0.3) is 0 Å². The molecule has 4 rings (SSSR count). The predicted molar refractivity (Wildman–Crippen MR) is 131 cm³/mol. The zero-order valence-electron chi connectivity index (χ0n) is 20.4. The van der Waals surface area contributed by atoms with Crippen molar-refractivity contribution in [3.8, 4) is 5.75 Å². The summed E-state index contributed by atoms with van der Waals surface area (Å²) in [5.41, 5.74) is 0.786. The maximum atomic E-state index is 12.7. The third-order valence-electron chi connectivity index (χ3n) is 5.61. The number of cyclic esters (lactones) is 1. The lowest BCUT2D eigenvalue weighted by molar-refractivity contribution is -0.175. The van der Waals surface area contributed by atoms with Gasteiger partial charge in [-0.05, 0) is 31.2 Å². The normalized spacial score (nSPS) is 18.1. The Labute approximate surface area is 220 Å². The standard InChI is InChI=1S/C24H26F3N3O7S/c1-15-2-5-20(38-15)22(32)28-11-17-12-30(23(33)37-17)18-4-3-16(29-6-7-34-13-21(29)31)10-19(18)36-9-8-35-14-24(25,26)27/h2-5,10,17H,6-9,11-14H2,1H3,(H,28,32). The van der Waals surface area contributed by atoms with Gasteiger partial charge in [0.15, 0.2) is 0 Å². The first-order chi connectivity index (χ1) is 18.1. The van der Waals surface area contributed by atoms with Gasteiger partial charge in [0.2, 0.25) is 0 Å². The van der Waals surface area contributed by atoms with E-state index in [1.165, 1.54) is 27.2 Å². The summed E-state index contributed by atoms with van der Waals surface area (Å²) in [7, 11) is 0. The van der Waals surface area contributed by atoms with Crippen LogP contribution in [0.15, 0.2) is 30.3 Å². The van der Waals surface area contributed by atoms with E-state index in [4.69, 9.17) is 14.2 Å². The molecule has 0 spiro atoms. The number of benzene rings is 1. The molecule has 3 amide bonds. The molecule has 2 aliphatic rings. The fraction of sp³-hybridized carbons (Fsp3) is 0.458. The van der Waals surface area contributed by atoms with E-state index in [9.17, 15) is 27.6 Å².